The van der Waals surface area contributed by atoms with Gasteiger partial charge in [0, 0.05) is 50.5 Å². The maximum Gasteiger partial charge on any atom is 0.224 e. The number of hydrogen-bond donors (Lipinski definition) is 1. The molecular formula is C24H29N3O. The molecule has 1 saturated heterocycles. The molecule has 2 aromatic rings. The standard InChI is InChI=1S/C24H29N3O/c28-24(18-20-6-4-5-7-20)25-22-10-12-23(13-11-22)27-16-14-26(15-17-27)19-21-8-2-1-3-9-21/h1-4,6,8-13,20H,5,7,14-19H2,(H,25,28). The smallest absolute Gasteiger partial charge is 0.224 e. The van der Waals surface area contributed by atoms with E-state index in [1.807, 2.05) is 12.1 Å². The molecule has 2 aliphatic rings. The van der Waals surface area contributed by atoms with Crippen molar-refractivity contribution in [2.75, 3.05) is 36.4 Å². The summed E-state index contributed by atoms with van der Waals surface area (Å²) in [4.78, 5) is 17.1. The lowest BCUT2D eigenvalue weighted by Crippen LogP contribution is -2.45. The van der Waals surface area contributed by atoms with Gasteiger partial charge in [-0.25, -0.2) is 0 Å². The molecule has 1 unspecified atom stereocenters. The van der Waals surface area contributed by atoms with Crippen LogP contribution in [-0.4, -0.2) is 37.0 Å². The van der Waals surface area contributed by atoms with Crippen LogP contribution in [0.2, 0.25) is 0 Å². The van der Waals surface area contributed by atoms with Crippen LogP contribution in [0.1, 0.15) is 24.8 Å². The second-order valence-electron chi connectivity index (χ2n) is 7.81. The van der Waals surface area contributed by atoms with Crippen molar-refractivity contribution in [2.45, 2.75) is 25.8 Å². The Balaban J connectivity index is 1.25. The van der Waals surface area contributed by atoms with E-state index in [9.17, 15) is 4.79 Å². The minimum absolute atomic E-state index is 0.110. The second kappa shape index (κ2) is 9.07. The largest absolute Gasteiger partial charge is 0.369 e. The van der Waals surface area contributed by atoms with Gasteiger partial charge in [-0.1, -0.05) is 42.5 Å². The third kappa shape index (κ3) is 5.02. The number of benzene rings is 2. The van der Waals surface area contributed by atoms with E-state index in [0.717, 1.165) is 51.3 Å². The highest BCUT2D eigenvalue weighted by Crippen LogP contribution is 2.23. The fourth-order valence-corrected chi connectivity index (χ4v) is 4.08. The van der Waals surface area contributed by atoms with Crippen molar-refractivity contribution >= 4 is 17.3 Å². The monoisotopic (exact) mass is 375 g/mol. The predicted molar refractivity (Wildman–Crippen MR) is 115 cm³/mol. The molecule has 4 rings (SSSR count). The van der Waals surface area contributed by atoms with E-state index in [2.05, 4.69) is 69.7 Å². The highest BCUT2D eigenvalue weighted by atomic mass is 16.1. The third-order valence-corrected chi connectivity index (χ3v) is 5.70. The van der Waals surface area contributed by atoms with Crippen LogP contribution in [0.5, 0.6) is 0 Å². The van der Waals surface area contributed by atoms with Crippen molar-refractivity contribution in [1.29, 1.82) is 0 Å². The van der Waals surface area contributed by atoms with Crippen molar-refractivity contribution in [3.63, 3.8) is 0 Å². The molecule has 1 amide bonds. The van der Waals surface area contributed by atoms with Gasteiger partial charge in [-0.05, 0) is 48.6 Å². The average Bonchev–Trinajstić information content (AvgIpc) is 3.23. The number of piperazine rings is 1. The van der Waals surface area contributed by atoms with Crippen molar-refractivity contribution < 1.29 is 4.79 Å². The minimum atomic E-state index is 0.110. The zero-order valence-electron chi connectivity index (χ0n) is 16.4. The Hall–Kier alpha value is -2.59. The number of amides is 1. The molecule has 28 heavy (non-hydrogen) atoms. The lowest BCUT2D eigenvalue weighted by Gasteiger charge is -2.36. The summed E-state index contributed by atoms with van der Waals surface area (Å²) >= 11 is 0. The number of rotatable bonds is 6. The van der Waals surface area contributed by atoms with E-state index in [-0.39, 0.29) is 5.91 Å². The molecule has 1 atom stereocenters. The molecule has 2 aromatic carbocycles. The van der Waals surface area contributed by atoms with E-state index in [4.69, 9.17) is 0 Å². The first kappa shape index (κ1) is 18.8. The van der Waals surface area contributed by atoms with Crippen LogP contribution < -0.4 is 10.2 Å². The number of carbonyl (C=O) groups is 1. The number of nitrogens with zero attached hydrogens (tertiary/aromatic N) is 2. The van der Waals surface area contributed by atoms with Gasteiger partial charge in [-0.15, -0.1) is 0 Å². The molecule has 1 N–H and O–H groups in total. The van der Waals surface area contributed by atoms with Gasteiger partial charge < -0.3 is 10.2 Å². The van der Waals surface area contributed by atoms with Crippen molar-refractivity contribution in [1.82, 2.24) is 4.90 Å². The van der Waals surface area contributed by atoms with Crippen LogP contribution in [-0.2, 0) is 11.3 Å². The first-order valence-electron chi connectivity index (χ1n) is 10.3. The van der Waals surface area contributed by atoms with Gasteiger partial charge in [0.2, 0.25) is 5.91 Å². The summed E-state index contributed by atoms with van der Waals surface area (Å²) in [5.41, 5.74) is 3.50. The Kier molecular flexibility index (Phi) is 6.07. The molecule has 0 bridgehead atoms. The Morgan fingerprint density at radius 1 is 0.964 bits per heavy atom. The summed E-state index contributed by atoms with van der Waals surface area (Å²) in [5.74, 6) is 0.519. The van der Waals surface area contributed by atoms with Crippen LogP contribution in [0.15, 0.2) is 66.7 Å². The Bertz CT molecular complexity index is 792. The van der Waals surface area contributed by atoms with E-state index in [0.29, 0.717) is 12.3 Å². The third-order valence-electron chi connectivity index (χ3n) is 5.70. The zero-order chi connectivity index (χ0) is 19.2. The van der Waals surface area contributed by atoms with E-state index in [1.165, 1.54) is 11.3 Å². The Morgan fingerprint density at radius 3 is 2.39 bits per heavy atom. The van der Waals surface area contributed by atoms with Crippen molar-refractivity contribution in [2.24, 2.45) is 5.92 Å². The van der Waals surface area contributed by atoms with Crippen LogP contribution >= 0.6 is 0 Å². The van der Waals surface area contributed by atoms with Gasteiger partial charge in [0.05, 0.1) is 0 Å². The molecule has 4 heteroatoms. The molecule has 146 valence electrons. The zero-order valence-corrected chi connectivity index (χ0v) is 16.4. The lowest BCUT2D eigenvalue weighted by atomic mass is 10.1. The number of anilines is 2. The van der Waals surface area contributed by atoms with Crippen LogP contribution in [0.25, 0.3) is 0 Å². The number of carbonyl (C=O) groups excluding carboxylic acids is 1. The maximum absolute atomic E-state index is 12.2. The maximum atomic E-state index is 12.2. The summed E-state index contributed by atoms with van der Waals surface area (Å²) in [5, 5.41) is 3.03. The molecule has 0 saturated carbocycles. The molecular weight excluding hydrogens is 346 g/mol. The van der Waals surface area contributed by atoms with Crippen LogP contribution in [0.4, 0.5) is 11.4 Å². The van der Waals surface area contributed by atoms with Crippen LogP contribution in [0, 0.1) is 5.92 Å². The fourth-order valence-electron chi connectivity index (χ4n) is 4.08. The van der Waals surface area contributed by atoms with Gasteiger partial charge in [0.25, 0.3) is 0 Å². The number of nitrogens with one attached hydrogen (secondary N) is 1. The number of hydrogen-bond acceptors (Lipinski definition) is 3. The van der Waals surface area contributed by atoms with E-state index in [1.54, 1.807) is 0 Å². The molecule has 0 aromatic heterocycles. The first-order valence-corrected chi connectivity index (χ1v) is 10.3. The summed E-state index contributed by atoms with van der Waals surface area (Å²) < 4.78 is 0. The normalized spacial score (nSPS) is 19.7. The van der Waals surface area contributed by atoms with E-state index < -0.39 is 0 Å². The van der Waals surface area contributed by atoms with Gasteiger partial charge in [0.1, 0.15) is 0 Å². The van der Waals surface area contributed by atoms with E-state index >= 15 is 0 Å². The summed E-state index contributed by atoms with van der Waals surface area (Å²) in [6.45, 7) is 5.24. The van der Waals surface area contributed by atoms with Crippen molar-refractivity contribution in [3.8, 4) is 0 Å². The van der Waals surface area contributed by atoms with Gasteiger partial charge in [-0.3, -0.25) is 9.69 Å². The molecule has 0 radical (unpaired) electrons. The molecule has 1 heterocycles. The lowest BCUT2D eigenvalue weighted by molar-refractivity contribution is -0.116. The Labute approximate surface area is 167 Å². The van der Waals surface area contributed by atoms with Gasteiger partial charge >= 0.3 is 0 Å². The first-order chi connectivity index (χ1) is 13.8. The summed E-state index contributed by atoms with van der Waals surface area (Å²) in [6.07, 6.45) is 7.13. The topological polar surface area (TPSA) is 35.6 Å². The average molecular weight is 376 g/mol. The Morgan fingerprint density at radius 2 is 1.71 bits per heavy atom. The van der Waals surface area contributed by atoms with Crippen molar-refractivity contribution in [3.05, 3.63) is 72.3 Å². The fraction of sp³-hybridized carbons (Fsp3) is 0.375. The predicted octanol–water partition coefficient (Wildman–Crippen LogP) is 4.30. The summed E-state index contributed by atoms with van der Waals surface area (Å²) in [7, 11) is 0. The van der Waals surface area contributed by atoms with Gasteiger partial charge in [0.15, 0.2) is 0 Å². The summed E-state index contributed by atoms with van der Waals surface area (Å²) in [6, 6.07) is 19.0. The molecule has 1 fully saturated rings. The SMILES string of the molecule is O=C(CC1C=CCC1)Nc1ccc(N2CCN(Cc3ccccc3)CC2)cc1. The number of allylic oxidation sites excluding steroid dienone is 2. The highest BCUT2D eigenvalue weighted by molar-refractivity contribution is 5.91. The van der Waals surface area contributed by atoms with Crippen LogP contribution in [0.3, 0.4) is 0 Å². The molecule has 1 aliphatic carbocycles. The molecule has 1 aliphatic heterocycles. The quantitative estimate of drug-likeness (QED) is 0.765. The minimum Gasteiger partial charge on any atom is -0.369 e. The molecule has 4 nitrogen and oxygen atoms in total. The second-order valence-corrected chi connectivity index (χ2v) is 7.81. The van der Waals surface area contributed by atoms with Gasteiger partial charge in [-0.2, -0.15) is 0 Å². The molecule has 0 spiro atoms. The highest BCUT2D eigenvalue weighted by Gasteiger charge is 2.18.